The number of anilines is 2. The van der Waals surface area contributed by atoms with E-state index in [1.807, 2.05) is 6.07 Å². The van der Waals surface area contributed by atoms with E-state index in [0.29, 0.717) is 0 Å². The van der Waals surface area contributed by atoms with Crippen LogP contribution in [0.4, 0.5) is 10.9 Å². The van der Waals surface area contributed by atoms with Gasteiger partial charge in [-0.15, -0.1) is 0 Å². The average molecular weight is 337 g/mol. The molecule has 1 fully saturated rings. The van der Waals surface area contributed by atoms with Gasteiger partial charge in [0.05, 0.1) is 21.8 Å². The number of fused-ring (bicyclic) bond motifs is 2. The third kappa shape index (κ3) is 2.18. The number of thiazole rings is 1. The normalized spacial score (nSPS) is 15.5. The predicted molar refractivity (Wildman–Crippen MR) is 95.7 cm³/mol. The molecule has 1 aromatic carbocycles. The molecule has 24 heavy (non-hydrogen) atoms. The topological polar surface area (TPSA) is 73.8 Å². The van der Waals surface area contributed by atoms with Crippen molar-refractivity contribution in [3.05, 3.63) is 36.8 Å². The summed E-state index contributed by atoms with van der Waals surface area (Å²) in [6.07, 6.45) is 3.39. The fourth-order valence-electron chi connectivity index (χ4n) is 3.11. The largest absolute Gasteiger partial charge is 0.352 e. The van der Waals surface area contributed by atoms with Crippen LogP contribution in [0.15, 0.2) is 36.8 Å². The number of para-hydroxylation sites is 1. The lowest BCUT2D eigenvalue weighted by atomic mass is 10.3. The highest BCUT2D eigenvalue weighted by molar-refractivity contribution is 7.22. The molecular formula is C16H15N7S. The van der Waals surface area contributed by atoms with Crippen molar-refractivity contribution in [1.29, 1.82) is 0 Å². The van der Waals surface area contributed by atoms with E-state index in [2.05, 4.69) is 48.2 Å². The van der Waals surface area contributed by atoms with E-state index in [4.69, 9.17) is 4.98 Å². The Morgan fingerprint density at radius 1 is 1.00 bits per heavy atom. The van der Waals surface area contributed by atoms with Gasteiger partial charge in [0.1, 0.15) is 12.1 Å². The summed E-state index contributed by atoms with van der Waals surface area (Å²) in [5.74, 6) is 0.956. The summed E-state index contributed by atoms with van der Waals surface area (Å²) in [5.41, 5.74) is 1.87. The van der Waals surface area contributed by atoms with E-state index in [9.17, 15) is 0 Å². The van der Waals surface area contributed by atoms with E-state index in [0.717, 1.165) is 53.7 Å². The van der Waals surface area contributed by atoms with Gasteiger partial charge in [0.15, 0.2) is 10.8 Å². The van der Waals surface area contributed by atoms with Crippen LogP contribution in [-0.4, -0.2) is 51.3 Å². The fourth-order valence-corrected chi connectivity index (χ4v) is 4.13. The van der Waals surface area contributed by atoms with Gasteiger partial charge in [0.2, 0.25) is 0 Å². The molecule has 1 saturated heterocycles. The van der Waals surface area contributed by atoms with E-state index in [1.54, 1.807) is 23.9 Å². The molecule has 0 spiro atoms. The van der Waals surface area contributed by atoms with Gasteiger partial charge < -0.3 is 9.80 Å². The van der Waals surface area contributed by atoms with Crippen LogP contribution in [0.25, 0.3) is 21.3 Å². The van der Waals surface area contributed by atoms with Crippen molar-refractivity contribution in [1.82, 2.24) is 25.1 Å². The van der Waals surface area contributed by atoms with Crippen LogP contribution in [0.3, 0.4) is 0 Å². The first-order valence-corrected chi connectivity index (χ1v) is 8.70. The number of aromatic nitrogens is 5. The van der Waals surface area contributed by atoms with Crippen LogP contribution >= 0.6 is 11.3 Å². The van der Waals surface area contributed by atoms with Crippen molar-refractivity contribution in [3.63, 3.8) is 0 Å². The first kappa shape index (κ1) is 13.7. The number of benzene rings is 1. The maximum absolute atomic E-state index is 4.76. The lowest BCUT2D eigenvalue weighted by molar-refractivity contribution is 0.648. The van der Waals surface area contributed by atoms with Crippen LogP contribution < -0.4 is 9.80 Å². The molecule has 1 aliphatic rings. The molecule has 8 heteroatoms. The van der Waals surface area contributed by atoms with E-state index in [1.165, 1.54) is 4.70 Å². The SMILES string of the molecule is c1ccc2sc(N3CCN(c4ncnc5[nH]ncc45)CC3)nc2c1. The minimum absolute atomic E-state index is 0.786. The molecule has 3 aromatic heterocycles. The number of aromatic amines is 1. The van der Waals surface area contributed by atoms with Crippen molar-refractivity contribution in [2.75, 3.05) is 36.0 Å². The summed E-state index contributed by atoms with van der Waals surface area (Å²) in [6.45, 7) is 3.69. The molecule has 5 rings (SSSR count). The first-order chi connectivity index (χ1) is 11.9. The Hall–Kier alpha value is -2.74. The van der Waals surface area contributed by atoms with Crippen molar-refractivity contribution >= 4 is 43.5 Å². The van der Waals surface area contributed by atoms with Gasteiger partial charge >= 0.3 is 0 Å². The standard InChI is InChI=1S/C16H15N7S/c1-2-4-13-12(3-1)20-16(24-13)23-7-5-22(6-8-23)15-11-9-19-21-14(11)17-10-18-15/h1-4,9-10H,5-8H2,(H,17,18,19,21). The minimum Gasteiger partial charge on any atom is -0.352 e. The monoisotopic (exact) mass is 337 g/mol. The Kier molecular flexibility index (Phi) is 3.08. The Morgan fingerprint density at radius 2 is 1.83 bits per heavy atom. The zero-order chi connectivity index (χ0) is 15.9. The molecule has 0 amide bonds. The number of hydrogen-bond donors (Lipinski definition) is 1. The lowest BCUT2D eigenvalue weighted by Crippen LogP contribution is -2.46. The Bertz CT molecular complexity index is 967. The van der Waals surface area contributed by atoms with Crippen LogP contribution in [0, 0.1) is 0 Å². The third-order valence-corrected chi connectivity index (χ3v) is 5.46. The summed E-state index contributed by atoms with van der Waals surface area (Å²) >= 11 is 1.76. The number of nitrogens with one attached hydrogen (secondary N) is 1. The summed E-state index contributed by atoms with van der Waals surface area (Å²) in [4.78, 5) is 18.1. The van der Waals surface area contributed by atoms with Crippen molar-refractivity contribution < 1.29 is 0 Å². The zero-order valence-electron chi connectivity index (χ0n) is 12.9. The molecule has 4 aromatic rings. The first-order valence-electron chi connectivity index (χ1n) is 7.88. The molecule has 0 atom stereocenters. The average Bonchev–Trinajstić information content (AvgIpc) is 3.28. The van der Waals surface area contributed by atoms with Gasteiger partial charge in [-0.25, -0.2) is 15.0 Å². The van der Waals surface area contributed by atoms with Crippen molar-refractivity contribution in [2.45, 2.75) is 0 Å². The smallest absolute Gasteiger partial charge is 0.186 e. The van der Waals surface area contributed by atoms with Crippen molar-refractivity contribution in [3.8, 4) is 0 Å². The Balaban J connectivity index is 1.38. The molecule has 0 unspecified atom stereocenters. The van der Waals surface area contributed by atoms with Crippen LogP contribution in [0.2, 0.25) is 0 Å². The summed E-state index contributed by atoms with van der Waals surface area (Å²) < 4.78 is 1.24. The fraction of sp³-hybridized carbons (Fsp3) is 0.250. The quantitative estimate of drug-likeness (QED) is 0.605. The summed E-state index contributed by atoms with van der Waals surface area (Å²) in [7, 11) is 0. The van der Waals surface area contributed by atoms with E-state index >= 15 is 0 Å². The van der Waals surface area contributed by atoms with Gasteiger partial charge in [0.25, 0.3) is 0 Å². The van der Waals surface area contributed by atoms with Crippen LogP contribution in [-0.2, 0) is 0 Å². The molecule has 120 valence electrons. The molecule has 1 aliphatic heterocycles. The highest BCUT2D eigenvalue weighted by Crippen LogP contribution is 2.30. The molecule has 0 radical (unpaired) electrons. The number of piperazine rings is 1. The molecule has 4 heterocycles. The third-order valence-electron chi connectivity index (χ3n) is 4.36. The molecule has 1 N–H and O–H groups in total. The number of H-pyrrole nitrogens is 1. The molecule has 0 aliphatic carbocycles. The molecule has 0 saturated carbocycles. The highest BCUT2D eigenvalue weighted by atomic mass is 32.1. The number of rotatable bonds is 2. The Morgan fingerprint density at radius 3 is 2.71 bits per heavy atom. The second kappa shape index (κ2) is 5.41. The lowest BCUT2D eigenvalue weighted by Gasteiger charge is -2.35. The van der Waals surface area contributed by atoms with Gasteiger partial charge in [-0.1, -0.05) is 23.5 Å². The minimum atomic E-state index is 0.786. The maximum Gasteiger partial charge on any atom is 0.186 e. The summed E-state index contributed by atoms with van der Waals surface area (Å²) in [6, 6.07) is 8.30. The molecule has 7 nitrogen and oxygen atoms in total. The van der Waals surface area contributed by atoms with Crippen LogP contribution in [0.1, 0.15) is 0 Å². The van der Waals surface area contributed by atoms with Crippen LogP contribution in [0.5, 0.6) is 0 Å². The second-order valence-electron chi connectivity index (χ2n) is 5.77. The summed E-state index contributed by atoms with van der Waals surface area (Å²) in [5, 5.41) is 9.05. The predicted octanol–water partition coefficient (Wildman–Crippen LogP) is 2.29. The number of nitrogens with zero attached hydrogens (tertiary/aromatic N) is 6. The Labute approximate surface area is 142 Å². The molecule has 0 bridgehead atoms. The van der Waals surface area contributed by atoms with E-state index in [-0.39, 0.29) is 0 Å². The number of hydrogen-bond acceptors (Lipinski definition) is 7. The zero-order valence-corrected chi connectivity index (χ0v) is 13.7. The van der Waals surface area contributed by atoms with Crippen molar-refractivity contribution in [2.24, 2.45) is 0 Å². The van der Waals surface area contributed by atoms with Gasteiger partial charge in [-0.05, 0) is 12.1 Å². The van der Waals surface area contributed by atoms with Gasteiger partial charge in [0, 0.05) is 26.2 Å². The highest BCUT2D eigenvalue weighted by Gasteiger charge is 2.22. The molecular weight excluding hydrogens is 322 g/mol. The van der Waals surface area contributed by atoms with E-state index < -0.39 is 0 Å². The van der Waals surface area contributed by atoms with Gasteiger partial charge in [-0.2, -0.15) is 5.10 Å². The second-order valence-corrected chi connectivity index (χ2v) is 6.78. The van der Waals surface area contributed by atoms with Gasteiger partial charge in [-0.3, -0.25) is 5.10 Å². The maximum atomic E-state index is 4.76.